The van der Waals surface area contributed by atoms with Gasteiger partial charge >= 0.3 is 0 Å². The summed E-state index contributed by atoms with van der Waals surface area (Å²) >= 11 is 1.74. The fraction of sp³-hybridized carbons (Fsp3) is 0.438. The van der Waals surface area contributed by atoms with Crippen molar-refractivity contribution >= 4 is 39.7 Å². The van der Waals surface area contributed by atoms with Gasteiger partial charge in [0.05, 0.1) is 0 Å². The van der Waals surface area contributed by atoms with Crippen molar-refractivity contribution in [2.45, 2.75) is 31.8 Å². The Morgan fingerprint density at radius 1 is 1.38 bits per heavy atom. The van der Waals surface area contributed by atoms with Crippen LogP contribution in [0.3, 0.4) is 0 Å². The highest BCUT2D eigenvalue weighted by molar-refractivity contribution is 7.17. The fourth-order valence-electron chi connectivity index (χ4n) is 3.04. The molecule has 114 valence electrons. The number of hydrogen-bond donors (Lipinski definition) is 1. The van der Waals surface area contributed by atoms with Gasteiger partial charge in [-0.05, 0) is 41.7 Å². The lowest BCUT2D eigenvalue weighted by Crippen LogP contribution is -2.32. The number of hydrogen-bond acceptors (Lipinski definition) is 3. The number of carbonyl (C=O) groups is 1. The van der Waals surface area contributed by atoms with Crippen LogP contribution >= 0.6 is 23.7 Å². The molecule has 2 unspecified atom stereocenters. The van der Waals surface area contributed by atoms with Crippen molar-refractivity contribution in [3.05, 3.63) is 35.2 Å². The van der Waals surface area contributed by atoms with Crippen LogP contribution in [0.15, 0.2) is 29.6 Å². The summed E-state index contributed by atoms with van der Waals surface area (Å²) in [7, 11) is 1.90. The second kappa shape index (κ2) is 6.77. The van der Waals surface area contributed by atoms with Crippen molar-refractivity contribution in [2.75, 3.05) is 7.05 Å². The third-order valence-electron chi connectivity index (χ3n) is 4.17. The first kappa shape index (κ1) is 16.3. The molecule has 0 aliphatic heterocycles. The maximum Gasteiger partial charge on any atom is 0.225 e. The van der Waals surface area contributed by atoms with Crippen molar-refractivity contribution in [1.29, 1.82) is 0 Å². The van der Waals surface area contributed by atoms with E-state index >= 15 is 0 Å². The highest BCUT2D eigenvalue weighted by atomic mass is 35.5. The van der Waals surface area contributed by atoms with Gasteiger partial charge in [0.25, 0.3) is 0 Å². The summed E-state index contributed by atoms with van der Waals surface area (Å²) in [6, 6.07) is 8.57. The van der Waals surface area contributed by atoms with Gasteiger partial charge in [-0.15, -0.1) is 23.7 Å². The molecule has 1 heterocycles. The van der Waals surface area contributed by atoms with Gasteiger partial charge in [0.2, 0.25) is 5.91 Å². The van der Waals surface area contributed by atoms with Gasteiger partial charge in [-0.2, -0.15) is 0 Å². The third kappa shape index (κ3) is 3.39. The monoisotopic (exact) mass is 324 g/mol. The van der Waals surface area contributed by atoms with Crippen LogP contribution in [0, 0.1) is 5.92 Å². The minimum Gasteiger partial charge on any atom is -0.341 e. The van der Waals surface area contributed by atoms with Crippen molar-refractivity contribution in [3.8, 4) is 0 Å². The van der Waals surface area contributed by atoms with Crippen LogP contribution < -0.4 is 5.73 Å². The van der Waals surface area contributed by atoms with Crippen LogP contribution in [0.1, 0.15) is 24.8 Å². The molecule has 1 aliphatic rings. The number of fused-ring (bicyclic) bond motifs is 1. The molecule has 0 radical (unpaired) electrons. The van der Waals surface area contributed by atoms with Crippen LogP contribution in [0.2, 0.25) is 0 Å². The summed E-state index contributed by atoms with van der Waals surface area (Å²) in [5, 5.41) is 3.43. The van der Waals surface area contributed by atoms with Crippen LogP contribution in [-0.2, 0) is 11.3 Å². The Kier molecular flexibility index (Phi) is 5.25. The van der Waals surface area contributed by atoms with E-state index in [0.717, 1.165) is 19.3 Å². The molecule has 1 fully saturated rings. The molecule has 3 nitrogen and oxygen atoms in total. The number of nitrogens with zero attached hydrogens (tertiary/aromatic N) is 1. The largest absolute Gasteiger partial charge is 0.341 e. The van der Waals surface area contributed by atoms with Gasteiger partial charge in [-0.1, -0.05) is 18.2 Å². The minimum absolute atomic E-state index is 0. The van der Waals surface area contributed by atoms with E-state index < -0.39 is 0 Å². The Bertz CT molecular complexity index is 628. The van der Waals surface area contributed by atoms with Crippen molar-refractivity contribution in [1.82, 2.24) is 4.90 Å². The zero-order valence-corrected chi connectivity index (χ0v) is 13.8. The highest BCUT2D eigenvalue weighted by Gasteiger charge is 2.29. The fourth-order valence-corrected chi connectivity index (χ4v) is 4.00. The van der Waals surface area contributed by atoms with E-state index in [1.807, 2.05) is 11.9 Å². The van der Waals surface area contributed by atoms with Gasteiger partial charge < -0.3 is 10.6 Å². The van der Waals surface area contributed by atoms with Crippen molar-refractivity contribution < 1.29 is 4.79 Å². The van der Waals surface area contributed by atoms with Crippen LogP contribution in [-0.4, -0.2) is 23.9 Å². The normalized spacial score (nSPS) is 21.2. The topological polar surface area (TPSA) is 46.3 Å². The van der Waals surface area contributed by atoms with Gasteiger partial charge in [-0.25, -0.2) is 0 Å². The number of benzene rings is 1. The summed E-state index contributed by atoms with van der Waals surface area (Å²) in [5.74, 6) is 0.369. The average Bonchev–Trinajstić information content (AvgIpc) is 3.05. The maximum absolute atomic E-state index is 12.4. The van der Waals surface area contributed by atoms with E-state index in [2.05, 4.69) is 29.6 Å². The number of thiophene rings is 1. The van der Waals surface area contributed by atoms with Gasteiger partial charge in [0, 0.05) is 30.3 Å². The molecular formula is C16H21ClN2OS. The molecule has 1 aliphatic carbocycles. The Hall–Kier alpha value is -1.10. The number of rotatable bonds is 3. The zero-order chi connectivity index (χ0) is 14.1. The molecule has 2 aromatic rings. The summed E-state index contributed by atoms with van der Waals surface area (Å²) in [5.41, 5.74) is 7.14. The molecule has 1 aromatic carbocycles. The summed E-state index contributed by atoms with van der Waals surface area (Å²) in [6.07, 6.45) is 2.76. The third-order valence-corrected chi connectivity index (χ3v) is 5.18. The first-order valence-corrected chi connectivity index (χ1v) is 7.99. The van der Waals surface area contributed by atoms with Crippen molar-refractivity contribution in [2.24, 2.45) is 11.7 Å². The van der Waals surface area contributed by atoms with Crippen molar-refractivity contribution in [3.63, 3.8) is 0 Å². The molecule has 0 saturated heterocycles. The Morgan fingerprint density at radius 2 is 2.14 bits per heavy atom. The zero-order valence-electron chi connectivity index (χ0n) is 12.1. The number of carbonyl (C=O) groups excluding carboxylic acids is 1. The Labute approximate surface area is 135 Å². The van der Waals surface area contributed by atoms with Crippen LogP contribution in [0.25, 0.3) is 10.1 Å². The second-order valence-electron chi connectivity index (χ2n) is 5.72. The summed E-state index contributed by atoms with van der Waals surface area (Å²) in [4.78, 5) is 14.3. The second-order valence-corrected chi connectivity index (χ2v) is 6.63. The van der Waals surface area contributed by atoms with E-state index in [1.54, 1.807) is 11.3 Å². The first-order chi connectivity index (χ1) is 9.65. The molecule has 0 spiro atoms. The van der Waals surface area contributed by atoms with Gasteiger partial charge in [0.1, 0.15) is 0 Å². The molecule has 21 heavy (non-hydrogen) atoms. The van der Waals surface area contributed by atoms with Crippen LogP contribution in [0.5, 0.6) is 0 Å². The van der Waals surface area contributed by atoms with E-state index in [4.69, 9.17) is 5.73 Å². The molecule has 2 N–H and O–H groups in total. The lowest BCUT2D eigenvalue weighted by atomic mass is 10.1. The molecule has 2 atom stereocenters. The molecule has 0 bridgehead atoms. The predicted octanol–water partition coefficient (Wildman–Crippen LogP) is 3.41. The smallest absolute Gasteiger partial charge is 0.225 e. The standard InChI is InChI=1S/C16H20N2OS.ClH/c1-18(16(19)11-6-7-13(17)8-11)9-12-10-20-15-5-3-2-4-14(12)15;/h2-5,10-11,13H,6-9,17H2,1H3;1H. The van der Waals surface area contributed by atoms with Gasteiger partial charge in [0.15, 0.2) is 0 Å². The molecule has 3 rings (SSSR count). The van der Waals surface area contributed by atoms with E-state index in [1.165, 1.54) is 15.6 Å². The number of nitrogens with two attached hydrogens (primary N) is 1. The lowest BCUT2D eigenvalue weighted by molar-refractivity contribution is -0.134. The number of halogens is 1. The van der Waals surface area contributed by atoms with Crippen LogP contribution in [0.4, 0.5) is 0 Å². The molecule has 1 aromatic heterocycles. The molecule has 1 saturated carbocycles. The maximum atomic E-state index is 12.4. The molecular weight excluding hydrogens is 304 g/mol. The summed E-state index contributed by atoms with van der Waals surface area (Å²) < 4.78 is 1.28. The van der Waals surface area contributed by atoms with E-state index in [0.29, 0.717) is 6.54 Å². The molecule has 1 amide bonds. The minimum atomic E-state index is 0. The van der Waals surface area contributed by atoms with E-state index in [9.17, 15) is 4.79 Å². The highest BCUT2D eigenvalue weighted by Crippen LogP contribution is 2.29. The van der Waals surface area contributed by atoms with Gasteiger partial charge in [-0.3, -0.25) is 4.79 Å². The predicted molar refractivity (Wildman–Crippen MR) is 90.9 cm³/mol. The first-order valence-electron chi connectivity index (χ1n) is 7.11. The summed E-state index contributed by atoms with van der Waals surface area (Å²) in [6.45, 7) is 0.689. The quantitative estimate of drug-likeness (QED) is 0.940. The van der Waals surface area contributed by atoms with E-state index in [-0.39, 0.29) is 30.3 Å². The number of amides is 1. The lowest BCUT2D eigenvalue weighted by Gasteiger charge is -2.21. The Morgan fingerprint density at radius 3 is 2.86 bits per heavy atom. The Balaban J connectivity index is 0.00000161. The SMILES string of the molecule is CN(Cc1csc2ccccc12)C(=O)C1CCC(N)C1.Cl. The average molecular weight is 325 g/mol. The molecule has 5 heteroatoms.